The number of hydrogen-bond acceptors (Lipinski definition) is 3. The molecular weight excluding hydrogens is 168 g/mol. The quantitative estimate of drug-likeness (QED) is 0.665. The first-order valence-corrected chi connectivity index (χ1v) is 4.98. The fraction of sp³-hybridized carbons (Fsp3) is 0.889. The molecule has 0 aromatic rings. The molecule has 74 valence electrons. The third-order valence-electron chi connectivity index (χ3n) is 2.66. The van der Waals surface area contributed by atoms with E-state index < -0.39 is 0 Å². The standard InChI is InChI=1S/C9H16N2O2/c10-7-2-1-3-8(7)13-9(12)11-6-4-5-6/h6-8H,1-5,10H2,(H,11,12). The number of amides is 1. The van der Waals surface area contributed by atoms with Gasteiger partial charge in [-0.3, -0.25) is 0 Å². The minimum absolute atomic E-state index is 0.0463. The smallest absolute Gasteiger partial charge is 0.407 e. The first-order valence-electron chi connectivity index (χ1n) is 4.98. The third-order valence-corrected chi connectivity index (χ3v) is 2.66. The van der Waals surface area contributed by atoms with Crippen molar-refractivity contribution in [2.45, 2.75) is 50.3 Å². The van der Waals surface area contributed by atoms with E-state index in [0.29, 0.717) is 6.04 Å². The van der Waals surface area contributed by atoms with Gasteiger partial charge >= 0.3 is 6.09 Å². The van der Waals surface area contributed by atoms with Gasteiger partial charge in [0.25, 0.3) is 0 Å². The summed E-state index contributed by atoms with van der Waals surface area (Å²) in [6.07, 6.45) is 4.80. The first-order chi connectivity index (χ1) is 6.25. The summed E-state index contributed by atoms with van der Waals surface area (Å²) in [6.45, 7) is 0. The predicted octanol–water partition coefficient (Wildman–Crippen LogP) is 0.755. The molecule has 2 aliphatic rings. The molecular formula is C9H16N2O2. The van der Waals surface area contributed by atoms with Gasteiger partial charge in [-0.1, -0.05) is 0 Å². The molecule has 1 amide bonds. The highest BCUT2D eigenvalue weighted by molar-refractivity contribution is 5.68. The SMILES string of the molecule is NC1CCCC1OC(=O)NC1CC1. The fourth-order valence-electron chi connectivity index (χ4n) is 1.67. The monoisotopic (exact) mass is 184 g/mol. The van der Waals surface area contributed by atoms with Crippen molar-refractivity contribution in [2.24, 2.45) is 5.73 Å². The lowest BCUT2D eigenvalue weighted by molar-refractivity contribution is 0.0923. The van der Waals surface area contributed by atoms with Gasteiger partial charge in [-0.05, 0) is 32.1 Å². The summed E-state index contributed by atoms with van der Waals surface area (Å²) in [5.74, 6) is 0. The van der Waals surface area contributed by atoms with E-state index in [0.717, 1.165) is 32.1 Å². The van der Waals surface area contributed by atoms with Crippen LogP contribution in [0.1, 0.15) is 32.1 Å². The first kappa shape index (κ1) is 8.81. The Bertz CT molecular complexity index is 204. The normalized spacial score (nSPS) is 33.0. The number of rotatable bonds is 2. The van der Waals surface area contributed by atoms with Crippen LogP contribution in [0.15, 0.2) is 0 Å². The molecule has 0 aromatic heterocycles. The van der Waals surface area contributed by atoms with Crippen molar-refractivity contribution >= 4 is 6.09 Å². The van der Waals surface area contributed by atoms with E-state index in [1.54, 1.807) is 0 Å². The summed E-state index contributed by atoms with van der Waals surface area (Å²) in [7, 11) is 0. The van der Waals surface area contributed by atoms with Crippen LogP contribution in [0.25, 0.3) is 0 Å². The molecule has 2 fully saturated rings. The lowest BCUT2D eigenvalue weighted by Crippen LogP contribution is -2.37. The number of ether oxygens (including phenoxy) is 1. The average molecular weight is 184 g/mol. The van der Waals surface area contributed by atoms with Gasteiger partial charge in [-0.2, -0.15) is 0 Å². The molecule has 2 rings (SSSR count). The molecule has 2 saturated carbocycles. The van der Waals surface area contributed by atoms with E-state index in [1.165, 1.54) is 0 Å². The Hall–Kier alpha value is -0.770. The van der Waals surface area contributed by atoms with Gasteiger partial charge in [0.1, 0.15) is 6.10 Å². The number of carbonyl (C=O) groups excluding carboxylic acids is 1. The zero-order chi connectivity index (χ0) is 9.26. The van der Waals surface area contributed by atoms with Gasteiger partial charge in [0.05, 0.1) is 0 Å². The van der Waals surface area contributed by atoms with E-state index in [4.69, 9.17) is 10.5 Å². The highest BCUT2D eigenvalue weighted by Gasteiger charge is 2.29. The minimum Gasteiger partial charge on any atom is -0.445 e. The molecule has 13 heavy (non-hydrogen) atoms. The van der Waals surface area contributed by atoms with E-state index >= 15 is 0 Å². The molecule has 4 heteroatoms. The average Bonchev–Trinajstić information content (AvgIpc) is 2.79. The van der Waals surface area contributed by atoms with Crippen LogP contribution in [0.4, 0.5) is 4.79 Å². The molecule has 2 unspecified atom stereocenters. The molecule has 0 aromatic carbocycles. The van der Waals surface area contributed by atoms with Crippen molar-refractivity contribution in [3.63, 3.8) is 0 Å². The molecule has 3 N–H and O–H groups in total. The second-order valence-corrected chi connectivity index (χ2v) is 3.96. The molecule has 0 bridgehead atoms. The van der Waals surface area contributed by atoms with Crippen LogP contribution >= 0.6 is 0 Å². The van der Waals surface area contributed by atoms with Crippen molar-refractivity contribution in [3.8, 4) is 0 Å². The van der Waals surface area contributed by atoms with Gasteiger partial charge in [-0.25, -0.2) is 4.79 Å². The highest BCUT2D eigenvalue weighted by atomic mass is 16.6. The Balaban J connectivity index is 1.72. The molecule has 0 aliphatic heterocycles. The number of nitrogens with two attached hydrogens (primary N) is 1. The summed E-state index contributed by atoms with van der Waals surface area (Å²) < 4.78 is 5.20. The van der Waals surface area contributed by atoms with Crippen molar-refractivity contribution < 1.29 is 9.53 Å². The summed E-state index contributed by atoms with van der Waals surface area (Å²) in [5, 5.41) is 2.78. The van der Waals surface area contributed by atoms with E-state index in [1.807, 2.05) is 0 Å². The Morgan fingerprint density at radius 1 is 1.31 bits per heavy atom. The Morgan fingerprint density at radius 3 is 2.62 bits per heavy atom. The zero-order valence-corrected chi connectivity index (χ0v) is 7.66. The van der Waals surface area contributed by atoms with Crippen molar-refractivity contribution in [1.29, 1.82) is 0 Å². The van der Waals surface area contributed by atoms with Crippen LogP contribution in [0.2, 0.25) is 0 Å². The van der Waals surface area contributed by atoms with E-state index in [-0.39, 0.29) is 18.2 Å². The topological polar surface area (TPSA) is 64.3 Å². The Labute approximate surface area is 77.8 Å². The number of hydrogen-bond donors (Lipinski definition) is 2. The fourth-order valence-corrected chi connectivity index (χ4v) is 1.67. The van der Waals surface area contributed by atoms with Crippen molar-refractivity contribution in [2.75, 3.05) is 0 Å². The predicted molar refractivity (Wildman–Crippen MR) is 48.3 cm³/mol. The van der Waals surface area contributed by atoms with Crippen molar-refractivity contribution in [1.82, 2.24) is 5.32 Å². The molecule has 0 heterocycles. The Kier molecular flexibility index (Phi) is 2.40. The van der Waals surface area contributed by atoms with E-state index in [9.17, 15) is 4.79 Å². The second kappa shape index (κ2) is 3.54. The lowest BCUT2D eigenvalue weighted by Gasteiger charge is -2.16. The van der Waals surface area contributed by atoms with Gasteiger partial charge in [-0.15, -0.1) is 0 Å². The van der Waals surface area contributed by atoms with Crippen LogP contribution in [0, 0.1) is 0 Å². The van der Waals surface area contributed by atoms with Gasteiger partial charge in [0, 0.05) is 12.1 Å². The van der Waals surface area contributed by atoms with Crippen LogP contribution < -0.4 is 11.1 Å². The highest BCUT2D eigenvalue weighted by Crippen LogP contribution is 2.22. The Morgan fingerprint density at radius 2 is 2.08 bits per heavy atom. The maximum absolute atomic E-state index is 11.2. The number of alkyl carbamates (subject to hydrolysis) is 1. The maximum Gasteiger partial charge on any atom is 0.407 e. The van der Waals surface area contributed by atoms with Crippen LogP contribution in [0.5, 0.6) is 0 Å². The van der Waals surface area contributed by atoms with Crippen LogP contribution in [-0.4, -0.2) is 24.3 Å². The largest absolute Gasteiger partial charge is 0.445 e. The molecule has 2 aliphatic carbocycles. The molecule has 0 spiro atoms. The van der Waals surface area contributed by atoms with Crippen LogP contribution in [-0.2, 0) is 4.74 Å². The minimum atomic E-state index is -0.287. The summed E-state index contributed by atoms with van der Waals surface area (Å²) >= 11 is 0. The number of nitrogens with one attached hydrogen (secondary N) is 1. The molecule has 4 nitrogen and oxygen atoms in total. The zero-order valence-electron chi connectivity index (χ0n) is 7.66. The van der Waals surface area contributed by atoms with Gasteiger partial charge < -0.3 is 15.8 Å². The van der Waals surface area contributed by atoms with Crippen molar-refractivity contribution in [3.05, 3.63) is 0 Å². The molecule has 0 saturated heterocycles. The maximum atomic E-state index is 11.2. The molecule has 0 radical (unpaired) electrons. The number of carbonyl (C=O) groups is 1. The second-order valence-electron chi connectivity index (χ2n) is 3.96. The summed E-state index contributed by atoms with van der Waals surface area (Å²) in [5.41, 5.74) is 5.77. The molecule has 2 atom stereocenters. The van der Waals surface area contributed by atoms with Crippen LogP contribution in [0.3, 0.4) is 0 Å². The van der Waals surface area contributed by atoms with E-state index in [2.05, 4.69) is 5.32 Å². The summed E-state index contributed by atoms with van der Waals surface area (Å²) in [4.78, 5) is 11.2. The van der Waals surface area contributed by atoms with Gasteiger partial charge in [0.15, 0.2) is 0 Å². The summed E-state index contributed by atoms with van der Waals surface area (Å²) in [6, 6.07) is 0.412. The van der Waals surface area contributed by atoms with Gasteiger partial charge in [0.2, 0.25) is 0 Å². The lowest BCUT2D eigenvalue weighted by atomic mass is 10.2. The third kappa shape index (κ3) is 2.34.